The molecule has 0 amide bonds. The zero-order valence-corrected chi connectivity index (χ0v) is 71.0. The van der Waals surface area contributed by atoms with Crippen LogP contribution in [-0.2, 0) is 17.3 Å². The van der Waals surface area contributed by atoms with Crippen molar-refractivity contribution in [3.05, 3.63) is 440 Å². The van der Waals surface area contributed by atoms with E-state index in [0.29, 0.717) is 69.6 Å². The fourth-order valence-electron chi connectivity index (χ4n) is 18.4. The largest absolute Gasteiger partial charge is 0.308 e. The van der Waals surface area contributed by atoms with Gasteiger partial charge in [0.15, 0.2) is 69.9 Å². The second kappa shape index (κ2) is 32.8. The van der Waals surface area contributed by atoms with Gasteiger partial charge in [0.2, 0.25) is 0 Å². The van der Waals surface area contributed by atoms with Crippen molar-refractivity contribution in [2.45, 2.75) is 44.9 Å². The molecule has 0 aliphatic heterocycles. The van der Waals surface area contributed by atoms with E-state index in [4.69, 9.17) is 59.8 Å². The first-order chi connectivity index (χ1) is 63.3. The lowest BCUT2D eigenvalue weighted by Crippen LogP contribution is -2.14. The molecule has 24 rings (SSSR count). The summed E-state index contributed by atoms with van der Waals surface area (Å²) in [6.45, 7) is 9.38. The predicted molar refractivity (Wildman–Crippen MR) is 516 cm³/mol. The minimum Gasteiger partial charge on any atom is -0.308 e. The Labute approximate surface area is 746 Å². The molecule has 612 valence electrons. The van der Waals surface area contributed by atoms with Crippen LogP contribution in [0, 0.1) is 5.82 Å². The van der Waals surface area contributed by atoms with E-state index in [9.17, 15) is 0 Å². The number of para-hydroxylation sites is 1. The molecule has 0 saturated carbocycles. The molecule has 3 aliphatic rings. The number of halogens is 1. The predicted octanol–water partition coefficient (Wildman–Crippen LogP) is 27.2. The van der Waals surface area contributed by atoms with Gasteiger partial charge in [-0.2, -0.15) is 0 Å². The van der Waals surface area contributed by atoms with Gasteiger partial charge in [-0.1, -0.05) is 361 Å². The van der Waals surface area contributed by atoms with Crippen LogP contribution >= 0.6 is 0 Å². The number of hydrogen-bond acceptors (Lipinski definition) is 12. The van der Waals surface area contributed by atoms with Crippen LogP contribution in [-0.4, -0.2) is 64.4 Å². The van der Waals surface area contributed by atoms with Crippen molar-refractivity contribution in [1.29, 1.82) is 0 Å². The molecule has 0 atom stereocenters. The summed E-state index contributed by atoms with van der Waals surface area (Å²) in [6.07, 6.45) is 1.07. The van der Waals surface area contributed by atoms with Gasteiger partial charge in [-0.05, 0) is 140 Å². The molecule has 0 spiro atoms. The van der Waals surface area contributed by atoms with E-state index in [2.05, 4.69) is 172 Å². The second-order valence-electron chi connectivity index (χ2n) is 33.6. The summed E-state index contributed by atoms with van der Waals surface area (Å²) in [7, 11) is 0. The van der Waals surface area contributed by atoms with Crippen molar-refractivity contribution < 1.29 is 4.39 Å². The molecular formula is C115H80FN13. The number of hydrogen-bond donors (Lipinski definition) is 0. The second-order valence-corrected chi connectivity index (χ2v) is 33.6. The maximum atomic E-state index is 15.6. The fourth-order valence-corrected chi connectivity index (χ4v) is 18.4. The van der Waals surface area contributed by atoms with Gasteiger partial charge in [0.05, 0.1) is 22.3 Å². The summed E-state index contributed by atoms with van der Waals surface area (Å²) in [4.78, 5) is 59.5. The van der Waals surface area contributed by atoms with Crippen molar-refractivity contribution in [2.75, 3.05) is 0 Å². The van der Waals surface area contributed by atoms with Gasteiger partial charge in [-0.3, -0.25) is 0 Å². The van der Waals surface area contributed by atoms with Crippen molar-refractivity contribution in [3.8, 4) is 176 Å². The number of aromatic nitrogens is 13. The highest BCUT2D eigenvalue weighted by Gasteiger charge is 2.39. The van der Waals surface area contributed by atoms with Gasteiger partial charge in [0.1, 0.15) is 5.82 Å². The van der Waals surface area contributed by atoms with Crippen LogP contribution in [0.4, 0.5) is 4.39 Å². The average Bonchev–Trinajstić information content (AvgIpc) is 1.56. The maximum absolute atomic E-state index is 15.6. The number of rotatable bonds is 13. The SMILES string of the molecule is CC1(C)c2ccccc2-c2cc3c(cc21)-c1ccccc1C3.CC1(C)c2ccccc2-c2cc3c(cc21)c1ccccc1n3-c1ccc(-c2nc(-c3ccccc3)nc(-c3ccccc3)n2)cc1-c1nc(-c2ccccc2)nc(-c2ccccc2)n1.Fc1ccc(-c2nc(-c3ccccc3)nc(-c3ccccc3)n2)cc1-c1nc(-c2ccccc2)nc(-c2ccccc2)n1. The Hall–Kier alpha value is -16.7. The van der Waals surface area contributed by atoms with Crippen LogP contribution in [0.15, 0.2) is 400 Å². The molecule has 3 aliphatic carbocycles. The topological polar surface area (TPSA) is 160 Å². The Morgan fingerprint density at radius 3 is 0.922 bits per heavy atom. The Morgan fingerprint density at radius 1 is 0.202 bits per heavy atom. The van der Waals surface area contributed by atoms with Crippen molar-refractivity contribution in [2.24, 2.45) is 0 Å². The summed E-state index contributed by atoms with van der Waals surface area (Å²) in [6, 6.07) is 135. The van der Waals surface area contributed by atoms with E-state index in [1.54, 1.807) is 12.1 Å². The molecule has 13 nitrogen and oxygen atoms in total. The molecule has 0 unspecified atom stereocenters. The van der Waals surface area contributed by atoms with Gasteiger partial charge in [-0.15, -0.1) is 0 Å². The Bertz CT molecular complexity index is 7640. The Morgan fingerprint density at radius 2 is 0.512 bits per heavy atom. The summed E-state index contributed by atoms with van der Waals surface area (Å²) >= 11 is 0. The molecule has 5 aromatic heterocycles. The fraction of sp³-hybridized carbons (Fsp3) is 0.0609. The van der Waals surface area contributed by atoms with Gasteiger partial charge >= 0.3 is 0 Å². The zero-order chi connectivity index (χ0) is 86.7. The van der Waals surface area contributed by atoms with E-state index >= 15 is 4.39 Å². The average molecular weight is 1660 g/mol. The van der Waals surface area contributed by atoms with Crippen LogP contribution in [0.25, 0.3) is 198 Å². The lowest BCUT2D eigenvalue weighted by molar-refractivity contribution is 0.630. The molecule has 0 N–H and O–H groups in total. The number of fused-ring (bicyclic) bond motifs is 12. The third-order valence-corrected chi connectivity index (χ3v) is 24.9. The van der Waals surface area contributed by atoms with Crippen LogP contribution in [0.5, 0.6) is 0 Å². The first-order valence-electron chi connectivity index (χ1n) is 43.3. The molecule has 14 heteroatoms. The molecule has 0 bridgehead atoms. The third kappa shape index (κ3) is 14.6. The molecule has 0 saturated heterocycles. The van der Waals surface area contributed by atoms with Gasteiger partial charge in [0, 0.05) is 82.8 Å². The number of nitrogens with zero attached hydrogens (tertiary/aromatic N) is 13. The van der Waals surface area contributed by atoms with Crippen LogP contribution < -0.4 is 0 Å². The molecule has 5 heterocycles. The van der Waals surface area contributed by atoms with Gasteiger partial charge in [0.25, 0.3) is 0 Å². The Kier molecular flexibility index (Phi) is 19.9. The van der Waals surface area contributed by atoms with Gasteiger partial charge in [-0.25, -0.2) is 64.2 Å². The van der Waals surface area contributed by atoms with E-state index in [1.165, 1.54) is 83.6 Å². The van der Waals surface area contributed by atoms with Crippen molar-refractivity contribution in [3.63, 3.8) is 0 Å². The lowest BCUT2D eigenvalue weighted by atomic mass is 9.81. The summed E-state index contributed by atoms with van der Waals surface area (Å²) in [5.74, 6) is 5.52. The minimum absolute atomic E-state index is 0.0957. The standard InChI is InChI=1S/C57H39N7.C36H23FN6.C22H18/c1-57(2)46-29-17-15-27-41(46)43-35-50-44(34-47(43)57)42-28-16-18-30-48(42)64(50)49-32-31-40(55-60-51(36-19-7-3-8-20-36)58-52(61-55)37-21-9-4-10-22-37)33-45(49)56-62-53(38-23-11-5-12-24-38)59-54(63-56)39-25-13-6-14-26-39;37-30-22-21-28(35-40-31(24-13-5-1-6-14-24)38-32(41-35)25-15-7-2-8-16-25)23-29(30)36-42-33(26-17-9-3-10-18-26)39-34(43-36)27-19-11-4-12-20-27;1-22(2)20-10-6-5-9-17(20)19-12-15-11-14-7-3-4-8-16(14)18(15)13-21(19)22/h3-35H,1-2H3;1-23H;3-10,12-13H,11H2,1-2H3. The third-order valence-electron chi connectivity index (χ3n) is 24.9. The highest BCUT2D eigenvalue weighted by Crippen LogP contribution is 2.54. The molecule has 0 fully saturated rings. The van der Waals surface area contributed by atoms with E-state index in [-0.39, 0.29) is 22.2 Å². The summed E-state index contributed by atoms with van der Waals surface area (Å²) < 4.78 is 18.0. The number of benzene rings is 16. The quantitative estimate of drug-likeness (QED) is 0.108. The molecule has 16 aromatic carbocycles. The maximum Gasteiger partial charge on any atom is 0.167 e. The first-order valence-corrected chi connectivity index (χ1v) is 43.3. The van der Waals surface area contributed by atoms with Crippen LogP contribution in [0.3, 0.4) is 0 Å². The summed E-state index contributed by atoms with van der Waals surface area (Å²) in [5, 5.41) is 2.36. The van der Waals surface area contributed by atoms with Gasteiger partial charge < -0.3 is 4.57 Å². The zero-order valence-electron chi connectivity index (χ0n) is 71.0. The van der Waals surface area contributed by atoms with Crippen molar-refractivity contribution >= 4 is 21.8 Å². The van der Waals surface area contributed by atoms with E-state index in [1.807, 2.05) is 243 Å². The normalized spacial score (nSPS) is 12.6. The van der Waals surface area contributed by atoms with E-state index < -0.39 is 5.82 Å². The monoisotopic (exact) mass is 1660 g/mol. The van der Waals surface area contributed by atoms with Crippen LogP contribution in [0.1, 0.15) is 61.1 Å². The smallest absolute Gasteiger partial charge is 0.167 e. The molecule has 129 heavy (non-hydrogen) atoms. The highest BCUT2D eigenvalue weighted by molar-refractivity contribution is 6.12. The van der Waals surface area contributed by atoms with Crippen molar-refractivity contribution in [1.82, 2.24) is 64.4 Å². The summed E-state index contributed by atoms with van der Waals surface area (Å²) in [5.41, 5.74) is 29.2. The lowest BCUT2D eigenvalue weighted by Gasteiger charge is -2.22. The molecule has 0 radical (unpaired) electrons. The van der Waals surface area contributed by atoms with E-state index in [0.717, 1.165) is 78.8 Å². The molecular weight excluding hydrogens is 1580 g/mol. The molecule has 21 aromatic rings. The Balaban J connectivity index is 0.000000128. The first kappa shape index (κ1) is 78.3. The minimum atomic E-state index is -0.464. The highest BCUT2D eigenvalue weighted by atomic mass is 19.1. The van der Waals surface area contributed by atoms with Crippen LogP contribution in [0.2, 0.25) is 0 Å².